The van der Waals surface area contributed by atoms with Crippen LogP contribution in [-0.2, 0) is 4.79 Å². The van der Waals surface area contributed by atoms with Crippen LogP contribution in [0.4, 0.5) is 0 Å². The molecule has 2 aromatic carbocycles. The van der Waals surface area contributed by atoms with Gasteiger partial charge < -0.3 is 9.47 Å². The van der Waals surface area contributed by atoms with Crippen LogP contribution < -0.4 is 9.47 Å². The minimum atomic E-state index is -0.264. The molecule has 1 unspecified atom stereocenters. The lowest BCUT2D eigenvalue weighted by Crippen LogP contribution is -2.24. The summed E-state index contributed by atoms with van der Waals surface area (Å²) in [5.74, 6) is 1.63. The number of hydrogen-bond donors (Lipinski definition) is 0. The maximum atomic E-state index is 11.6. The third kappa shape index (κ3) is 2.75. The molecule has 0 saturated carbocycles. The summed E-state index contributed by atoms with van der Waals surface area (Å²) in [6, 6.07) is 15.7. The van der Waals surface area contributed by atoms with E-state index in [0.717, 1.165) is 28.2 Å². The van der Waals surface area contributed by atoms with E-state index < -0.39 is 0 Å². The highest BCUT2D eigenvalue weighted by Gasteiger charge is 2.26. The van der Waals surface area contributed by atoms with Gasteiger partial charge in [0.2, 0.25) is 0 Å². The number of carbonyl (C=O) groups is 1. The molecule has 3 nitrogen and oxygen atoms in total. The average molecular weight is 294 g/mol. The molecule has 1 heterocycles. The first-order chi connectivity index (χ1) is 10.7. The lowest BCUT2D eigenvalue weighted by Gasteiger charge is -2.28. The van der Waals surface area contributed by atoms with E-state index in [4.69, 9.17) is 9.47 Å². The molecular weight excluding hydrogens is 276 g/mol. The van der Waals surface area contributed by atoms with Crippen molar-refractivity contribution in [3.8, 4) is 11.5 Å². The van der Waals surface area contributed by atoms with E-state index in [1.54, 1.807) is 14.0 Å². The van der Waals surface area contributed by atoms with Crippen LogP contribution in [0.3, 0.4) is 0 Å². The quantitative estimate of drug-likeness (QED) is 0.855. The Kier molecular flexibility index (Phi) is 3.96. The second-order valence-electron chi connectivity index (χ2n) is 5.35. The summed E-state index contributed by atoms with van der Waals surface area (Å²) in [5.41, 5.74) is 2.99. The Labute approximate surface area is 130 Å². The zero-order chi connectivity index (χ0) is 15.5. The summed E-state index contributed by atoms with van der Waals surface area (Å²) < 4.78 is 11.5. The van der Waals surface area contributed by atoms with Crippen molar-refractivity contribution in [2.75, 3.05) is 7.11 Å². The fourth-order valence-corrected chi connectivity index (χ4v) is 2.72. The Balaban J connectivity index is 2.11. The molecule has 0 spiro atoms. The zero-order valence-electron chi connectivity index (χ0n) is 12.7. The van der Waals surface area contributed by atoms with Gasteiger partial charge in [0.1, 0.15) is 23.4 Å². The number of benzene rings is 2. The molecule has 0 aromatic heterocycles. The smallest absolute Gasteiger partial charge is 0.133 e. The van der Waals surface area contributed by atoms with Gasteiger partial charge in [-0.15, -0.1) is 0 Å². The summed E-state index contributed by atoms with van der Waals surface area (Å²) >= 11 is 0. The predicted molar refractivity (Wildman–Crippen MR) is 87.0 cm³/mol. The van der Waals surface area contributed by atoms with Gasteiger partial charge in [-0.2, -0.15) is 0 Å². The van der Waals surface area contributed by atoms with E-state index in [2.05, 4.69) is 6.08 Å². The maximum absolute atomic E-state index is 11.6. The van der Waals surface area contributed by atoms with Crippen molar-refractivity contribution >= 4 is 17.4 Å². The van der Waals surface area contributed by atoms with Gasteiger partial charge >= 0.3 is 0 Å². The number of methoxy groups -OCH3 is 1. The Hall–Kier alpha value is -2.55. The molecule has 1 atom stereocenters. The third-order valence-corrected chi connectivity index (χ3v) is 3.74. The highest BCUT2D eigenvalue weighted by Crippen LogP contribution is 2.40. The van der Waals surface area contributed by atoms with Crippen LogP contribution in [0.2, 0.25) is 0 Å². The van der Waals surface area contributed by atoms with Crippen molar-refractivity contribution in [3.05, 3.63) is 59.7 Å². The summed E-state index contributed by atoms with van der Waals surface area (Å²) in [7, 11) is 1.65. The van der Waals surface area contributed by atoms with Crippen LogP contribution in [0.1, 0.15) is 24.5 Å². The van der Waals surface area contributed by atoms with E-state index in [9.17, 15) is 4.79 Å². The fraction of sp³-hybridized carbons (Fsp3) is 0.211. The second-order valence-corrected chi connectivity index (χ2v) is 5.35. The van der Waals surface area contributed by atoms with Crippen LogP contribution >= 0.6 is 0 Å². The lowest BCUT2D eigenvalue weighted by molar-refractivity contribution is -0.118. The number of ether oxygens (including phenoxy) is 2. The van der Waals surface area contributed by atoms with Crippen molar-refractivity contribution < 1.29 is 14.3 Å². The summed E-state index contributed by atoms with van der Waals surface area (Å²) in [5, 5.41) is 0. The first-order valence-electron chi connectivity index (χ1n) is 7.29. The SMILES string of the molecule is COc1cccc2c1C=C(c1ccccc1)C(CC(C)=O)O2. The van der Waals surface area contributed by atoms with Gasteiger partial charge in [0.15, 0.2) is 0 Å². The van der Waals surface area contributed by atoms with Crippen LogP contribution in [0.5, 0.6) is 11.5 Å². The Morgan fingerprint density at radius 1 is 1.14 bits per heavy atom. The highest BCUT2D eigenvalue weighted by atomic mass is 16.5. The number of hydrogen-bond acceptors (Lipinski definition) is 3. The molecule has 0 N–H and O–H groups in total. The number of fused-ring (bicyclic) bond motifs is 1. The number of Topliss-reactive ketones (excluding diaryl/α,β-unsaturated/α-hetero) is 1. The first-order valence-corrected chi connectivity index (χ1v) is 7.29. The Morgan fingerprint density at radius 2 is 1.91 bits per heavy atom. The predicted octanol–water partition coefficient (Wildman–Crippen LogP) is 3.98. The van der Waals surface area contributed by atoms with E-state index in [1.807, 2.05) is 48.5 Å². The number of carbonyl (C=O) groups excluding carboxylic acids is 1. The lowest BCUT2D eigenvalue weighted by atomic mass is 9.92. The molecule has 22 heavy (non-hydrogen) atoms. The molecule has 112 valence electrons. The average Bonchev–Trinajstić information content (AvgIpc) is 2.54. The maximum Gasteiger partial charge on any atom is 0.133 e. The molecule has 0 aliphatic carbocycles. The van der Waals surface area contributed by atoms with E-state index in [-0.39, 0.29) is 11.9 Å². The normalized spacial score (nSPS) is 16.3. The zero-order valence-corrected chi connectivity index (χ0v) is 12.7. The van der Waals surface area contributed by atoms with Gasteiger partial charge in [0, 0.05) is 12.0 Å². The summed E-state index contributed by atoms with van der Waals surface area (Å²) in [6.07, 6.45) is 2.16. The van der Waals surface area contributed by atoms with Gasteiger partial charge in [-0.25, -0.2) is 0 Å². The minimum absolute atomic E-state index is 0.109. The largest absolute Gasteiger partial charge is 0.496 e. The monoisotopic (exact) mass is 294 g/mol. The van der Waals surface area contributed by atoms with Crippen LogP contribution in [-0.4, -0.2) is 19.0 Å². The fourth-order valence-electron chi connectivity index (χ4n) is 2.72. The highest BCUT2D eigenvalue weighted by molar-refractivity contribution is 5.91. The van der Waals surface area contributed by atoms with Gasteiger partial charge in [-0.05, 0) is 30.7 Å². The van der Waals surface area contributed by atoms with Crippen molar-refractivity contribution in [1.29, 1.82) is 0 Å². The summed E-state index contributed by atoms with van der Waals surface area (Å²) in [4.78, 5) is 11.6. The minimum Gasteiger partial charge on any atom is -0.496 e. The van der Waals surface area contributed by atoms with E-state index in [1.165, 1.54) is 0 Å². The van der Waals surface area contributed by atoms with Gasteiger partial charge in [0.05, 0.1) is 12.7 Å². The molecule has 0 radical (unpaired) electrons. The molecule has 1 aliphatic heterocycles. The van der Waals surface area contributed by atoms with Crippen molar-refractivity contribution in [2.45, 2.75) is 19.4 Å². The third-order valence-electron chi connectivity index (χ3n) is 3.74. The van der Waals surface area contributed by atoms with Crippen molar-refractivity contribution in [1.82, 2.24) is 0 Å². The van der Waals surface area contributed by atoms with E-state index >= 15 is 0 Å². The van der Waals surface area contributed by atoms with E-state index in [0.29, 0.717) is 6.42 Å². The molecule has 0 fully saturated rings. The van der Waals surface area contributed by atoms with Gasteiger partial charge in [-0.1, -0.05) is 36.4 Å². The van der Waals surface area contributed by atoms with Crippen molar-refractivity contribution in [3.63, 3.8) is 0 Å². The number of ketones is 1. The molecular formula is C19H18O3. The van der Waals surface area contributed by atoms with Crippen LogP contribution in [0.25, 0.3) is 11.6 Å². The molecule has 3 heteroatoms. The van der Waals surface area contributed by atoms with Crippen LogP contribution in [0, 0.1) is 0 Å². The molecule has 0 bridgehead atoms. The van der Waals surface area contributed by atoms with Crippen LogP contribution in [0.15, 0.2) is 48.5 Å². The van der Waals surface area contributed by atoms with Gasteiger partial charge in [0.25, 0.3) is 0 Å². The van der Waals surface area contributed by atoms with Crippen molar-refractivity contribution in [2.24, 2.45) is 0 Å². The first kappa shape index (κ1) is 14.4. The molecule has 2 aromatic rings. The number of rotatable bonds is 4. The molecule has 0 saturated heterocycles. The Morgan fingerprint density at radius 3 is 2.59 bits per heavy atom. The molecule has 0 amide bonds. The molecule has 3 rings (SSSR count). The second kappa shape index (κ2) is 6.06. The topological polar surface area (TPSA) is 35.5 Å². The van der Waals surface area contributed by atoms with Gasteiger partial charge in [-0.3, -0.25) is 4.79 Å². The Bertz CT molecular complexity index is 717. The summed E-state index contributed by atoms with van der Waals surface area (Å²) in [6.45, 7) is 1.59. The standard InChI is InChI=1S/C19H18O3/c1-13(20)11-19-15(14-7-4-3-5-8-14)12-16-17(21-2)9-6-10-18(16)22-19/h3-10,12,19H,11H2,1-2H3. The molecule has 1 aliphatic rings.